The Balaban J connectivity index is 1.97. The second kappa shape index (κ2) is 8.44. The lowest BCUT2D eigenvalue weighted by Gasteiger charge is -2.31. The maximum atomic E-state index is 12.6. The van der Waals surface area contributed by atoms with E-state index < -0.39 is 0 Å². The molecule has 4 nitrogen and oxygen atoms in total. The van der Waals surface area contributed by atoms with Crippen molar-refractivity contribution in [1.82, 2.24) is 9.80 Å². The Labute approximate surface area is 137 Å². The standard InChI is InChI=1S/C17H26N2O2S/c1-14-7-4-5-8-16(14)21-12-17(20)19-9-6-10-22-13-15(19)11-18(2)3/h4-5,7-8,15H,6,9-13H2,1-3H3. The summed E-state index contributed by atoms with van der Waals surface area (Å²) in [5.74, 6) is 3.03. The predicted molar refractivity (Wildman–Crippen MR) is 92.7 cm³/mol. The number of nitrogens with zero attached hydrogens (tertiary/aromatic N) is 2. The molecule has 22 heavy (non-hydrogen) atoms. The third-order valence-corrected chi connectivity index (χ3v) is 4.98. The average Bonchev–Trinajstić information content (AvgIpc) is 2.71. The van der Waals surface area contributed by atoms with Gasteiger partial charge in [-0.15, -0.1) is 0 Å². The topological polar surface area (TPSA) is 32.8 Å². The van der Waals surface area contributed by atoms with Crippen molar-refractivity contribution >= 4 is 17.7 Å². The molecule has 1 saturated heterocycles. The highest BCUT2D eigenvalue weighted by molar-refractivity contribution is 7.99. The molecule has 2 rings (SSSR count). The van der Waals surface area contributed by atoms with E-state index in [0.717, 1.165) is 42.3 Å². The fourth-order valence-electron chi connectivity index (χ4n) is 2.67. The molecule has 1 fully saturated rings. The Kier molecular flexibility index (Phi) is 6.58. The molecular weight excluding hydrogens is 296 g/mol. The minimum atomic E-state index is 0.0950. The van der Waals surface area contributed by atoms with Gasteiger partial charge < -0.3 is 14.5 Å². The molecule has 1 aromatic carbocycles. The van der Waals surface area contributed by atoms with Gasteiger partial charge in [0.2, 0.25) is 0 Å². The van der Waals surface area contributed by atoms with Crippen LogP contribution in [0.5, 0.6) is 5.75 Å². The monoisotopic (exact) mass is 322 g/mol. The summed E-state index contributed by atoms with van der Waals surface area (Å²) in [6, 6.07) is 8.10. The van der Waals surface area contributed by atoms with Gasteiger partial charge in [0.1, 0.15) is 5.75 Å². The Morgan fingerprint density at radius 3 is 2.91 bits per heavy atom. The molecular formula is C17H26N2O2S. The number of aryl methyl sites for hydroxylation is 1. The zero-order valence-corrected chi connectivity index (χ0v) is 14.6. The summed E-state index contributed by atoms with van der Waals surface area (Å²) in [5, 5.41) is 0. The van der Waals surface area contributed by atoms with E-state index >= 15 is 0 Å². The fraction of sp³-hybridized carbons (Fsp3) is 0.588. The number of likely N-dealkylation sites (N-methyl/N-ethyl adjacent to an activating group) is 1. The second-order valence-electron chi connectivity index (χ2n) is 5.99. The first kappa shape index (κ1) is 17.2. The highest BCUT2D eigenvalue weighted by Crippen LogP contribution is 2.19. The maximum Gasteiger partial charge on any atom is 0.260 e. The summed E-state index contributed by atoms with van der Waals surface area (Å²) in [4.78, 5) is 16.8. The van der Waals surface area contributed by atoms with Gasteiger partial charge in [-0.2, -0.15) is 11.8 Å². The van der Waals surface area contributed by atoms with Gasteiger partial charge in [0.25, 0.3) is 5.91 Å². The van der Waals surface area contributed by atoms with Crippen LogP contribution in [0.4, 0.5) is 0 Å². The zero-order valence-electron chi connectivity index (χ0n) is 13.7. The van der Waals surface area contributed by atoms with Crippen LogP contribution in [0.1, 0.15) is 12.0 Å². The summed E-state index contributed by atoms with van der Waals surface area (Å²) in [5.41, 5.74) is 1.06. The zero-order chi connectivity index (χ0) is 15.9. The van der Waals surface area contributed by atoms with E-state index in [9.17, 15) is 4.79 Å². The number of carbonyl (C=O) groups excluding carboxylic acids is 1. The summed E-state index contributed by atoms with van der Waals surface area (Å²) < 4.78 is 5.73. The molecule has 1 aliphatic rings. The lowest BCUT2D eigenvalue weighted by molar-refractivity contribution is -0.135. The van der Waals surface area contributed by atoms with E-state index in [4.69, 9.17) is 4.74 Å². The van der Waals surface area contributed by atoms with Gasteiger partial charge in [-0.1, -0.05) is 18.2 Å². The molecule has 0 N–H and O–H groups in total. The van der Waals surface area contributed by atoms with Gasteiger partial charge in [0.05, 0.1) is 6.04 Å². The Hall–Kier alpha value is -1.20. The smallest absolute Gasteiger partial charge is 0.260 e. The number of carbonyl (C=O) groups is 1. The van der Waals surface area contributed by atoms with Crippen molar-refractivity contribution in [2.24, 2.45) is 0 Å². The number of para-hydroxylation sites is 1. The third-order valence-electron chi connectivity index (χ3n) is 3.78. The number of amides is 1. The summed E-state index contributed by atoms with van der Waals surface area (Å²) in [6.45, 7) is 3.86. The van der Waals surface area contributed by atoms with Crippen LogP contribution in [0.15, 0.2) is 24.3 Å². The molecule has 1 atom stereocenters. The van der Waals surface area contributed by atoms with E-state index in [2.05, 4.69) is 19.0 Å². The van der Waals surface area contributed by atoms with Gasteiger partial charge >= 0.3 is 0 Å². The van der Waals surface area contributed by atoms with Crippen molar-refractivity contribution in [2.75, 3.05) is 45.3 Å². The highest BCUT2D eigenvalue weighted by atomic mass is 32.2. The van der Waals surface area contributed by atoms with Crippen LogP contribution >= 0.6 is 11.8 Å². The summed E-state index contributed by atoms with van der Waals surface area (Å²) in [6.07, 6.45) is 1.06. The normalized spacial score (nSPS) is 19.1. The maximum absolute atomic E-state index is 12.6. The molecule has 1 aromatic rings. The molecule has 0 bridgehead atoms. The van der Waals surface area contributed by atoms with Crippen LogP contribution in [0.25, 0.3) is 0 Å². The van der Waals surface area contributed by atoms with Crippen molar-refractivity contribution in [1.29, 1.82) is 0 Å². The molecule has 1 amide bonds. The van der Waals surface area contributed by atoms with Crippen molar-refractivity contribution in [2.45, 2.75) is 19.4 Å². The number of hydrogen-bond donors (Lipinski definition) is 0. The first-order chi connectivity index (χ1) is 10.6. The Bertz CT molecular complexity index is 493. The van der Waals surface area contributed by atoms with E-state index in [1.165, 1.54) is 0 Å². The molecule has 0 aliphatic carbocycles. The molecule has 122 valence electrons. The van der Waals surface area contributed by atoms with Crippen molar-refractivity contribution in [3.8, 4) is 5.75 Å². The minimum absolute atomic E-state index is 0.0950. The van der Waals surface area contributed by atoms with E-state index in [1.807, 2.05) is 47.9 Å². The molecule has 1 aliphatic heterocycles. The largest absolute Gasteiger partial charge is 0.484 e. The number of rotatable bonds is 5. The molecule has 1 heterocycles. The number of hydrogen-bond acceptors (Lipinski definition) is 4. The van der Waals surface area contributed by atoms with Gasteiger partial charge in [-0.05, 0) is 44.8 Å². The second-order valence-corrected chi connectivity index (χ2v) is 7.14. The van der Waals surface area contributed by atoms with Crippen molar-refractivity contribution in [3.63, 3.8) is 0 Å². The van der Waals surface area contributed by atoms with E-state index in [1.54, 1.807) is 0 Å². The predicted octanol–water partition coefficient (Wildman–Crippen LogP) is 2.27. The quantitative estimate of drug-likeness (QED) is 0.832. The molecule has 0 radical (unpaired) electrons. The SMILES string of the molecule is Cc1ccccc1OCC(=O)N1CCCSCC1CN(C)C. The van der Waals surface area contributed by atoms with Gasteiger partial charge in [-0.25, -0.2) is 0 Å². The lowest BCUT2D eigenvalue weighted by atomic mass is 10.2. The molecule has 0 saturated carbocycles. The van der Waals surface area contributed by atoms with Crippen LogP contribution in [0.3, 0.4) is 0 Å². The van der Waals surface area contributed by atoms with Crippen LogP contribution in [0.2, 0.25) is 0 Å². The van der Waals surface area contributed by atoms with E-state index in [-0.39, 0.29) is 18.6 Å². The minimum Gasteiger partial charge on any atom is -0.484 e. The number of ether oxygens (including phenoxy) is 1. The van der Waals surface area contributed by atoms with E-state index in [0.29, 0.717) is 0 Å². The number of thioether (sulfide) groups is 1. The molecule has 0 aromatic heterocycles. The lowest BCUT2D eigenvalue weighted by Crippen LogP contribution is -2.48. The average molecular weight is 322 g/mol. The van der Waals surface area contributed by atoms with Crippen molar-refractivity contribution < 1.29 is 9.53 Å². The third kappa shape index (κ3) is 4.92. The first-order valence-corrected chi connectivity index (χ1v) is 8.94. The molecule has 1 unspecified atom stereocenters. The van der Waals surface area contributed by atoms with Crippen LogP contribution in [-0.4, -0.2) is 67.0 Å². The first-order valence-electron chi connectivity index (χ1n) is 7.78. The molecule has 0 spiro atoms. The Morgan fingerprint density at radius 1 is 1.41 bits per heavy atom. The van der Waals surface area contributed by atoms with Crippen LogP contribution < -0.4 is 4.74 Å². The highest BCUT2D eigenvalue weighted by Gasteiger charge is 2.26. The molecule has 5 heteroatoms. The van der Waals surface area contributed by atoms with Gasteiger partial charge in [0.15, 0.2) is 6.61 Å². The van der Waals surface area contributed by atoms with Gasteiger partial charge in [-0.3, -0.25) is 4.79 Å². The van der Waals surface area contributed by atoms with Crippen LogP contribution in [-0.2, 0) is 4.79 Å². The fourth-order valence-corrected chi connectivity index (χ4v) is 3.73. The van der Waals surface area contributed by atoms with Crippen molar-refractivity contribution in [3.05, 3.63) is 29.8 Å². The summed E-state index contributed by atoms with van der Waals surface area (Å²) >= 11 is 1.94. The number of benzene rings is 1. The van der Waals surface area contributed by atoms with Crippen LogP contribution in [0, 0.1) is 6.92 Å². The van der Waals surface area contributed by atoms with Gasteiger partial charge in [0, 0.05) is 18.8 Å². The Morgan fingerprint density at radius 2 is 2.18 bits per heavy atom. The summed E-state index contributed by atoms with van der Waals surface area (Å²) in [7, 11) is 4.12.